The van der Waals surface area contributed by atoms with Crippen molar-refractivity contribution in [1.29, 1.82) is 0 Å². The smallest absolute Gasteiger partial charge is 0.265 e. The molecule has 3 atom stereocenters. The highest BCUT2D eigenvalue weighted by Crippen LogP contribution is 2.24. The minimum atomic E-state index is -2.63. The Hall–Kier alpha value is -0.220. The van der Waals surface area contributed by atoms with Crippen molar-refractivity contribution in [2.24, 2.45) is 5.92 Å². The molecular weight excluding hydrogens is 176 g/mol. The van der Waals surface area contributed by atoms with E-state index in [1.165, 1.54) is 0 Å². The van der Waals surface area contributed by atoms with Crippen molar-refractivity contribution in [3.63, 3.8) is 0 Å². The standard InChI is InChI=1S/C9H17F2NO/c1-6-2-3-7(4-6)12-5-8(13)9(10)11/h6-9,12-13H,2-5H2,1H3. The maximum atomic E-state index is 11.9. The van der Waals surface area contributed by atoms with E-state index in [-0.39, 0.29) is 6.54 Å². The summed E-state index contributed by atoms with van der Waals surface area (Å²) in [5.41, 5.74) is 0. The predicted octanol–water partition coefficient (Wildman–Crippen LogP) is 1.39. The van der Waals surface area contributed by atoms with Crippen LogP contribution in [0.3, 0.4) is 0 Å². The van der Waals surface area contributed by atoms with E-state index in [1.54, 1.807) is 0 Å². The third-order valence-corrected chi connectivity index (χ3v) is 2.60. The van der Waals surface area contributed by atoms with Crippen LogP contribution in [0, 0.1) is 5.92 Å². The molecule has 0 saturated heterocycles. The number of aliphatic hydroxyl groups excluding tert-OH is 1. The van der Waals surface area contributed by atoms with Gasteiger partial charge in [0, 0.05) is 12.6 Å². The first kappa shape index (κ1) is 10.9. The molecule has 0 bridgehead atoms. The van der Waals surface area contributed by atoms with E-state index in [2.05, 4.69) is 12.2 Å². The monoisotopic (exact) mass is 193 g/mol. The zero-order chi connectivity index (χ0) is 9.84. The molecule has 2 N–H and O–H groups in total. The summed E-state index contributed by atoms with van der Waals surface area (Å²) in [4.78, 5) is 0. The van der Waals surface area contributed by atoms with Crippen LogP contribution in [0.15, 0.2) is 0 Å². The molecule has 2 nitrogen and oxygen atoms in total. The van der Waals surface area contributed by atoms with Crippen LogP contribution in [0.5, 0.6) is 0 Å². The molecule has 0 aromatic heterocycles. The number of rotatable bonds is 4. The Labute approximate surface area is 77.3 Å². The highest BCUT2D eigenvalue weighted by atomic mass is 19.3. The van der Waals surface area contributed by atoms with Crippen molar-refractivity contribution < 1.29 is 13.9 Å². The largest absolute Gasteiger partial charge is 0.386 e. The molecule has 1 fully saturated rings. The van der Waals surface area contributed by atoms with E-state index in [9.17, 15) is 8.78 Å². The van der Waals surface area contributed by atoms with Crippen molar-refractivity contribution in [2.45, 2.75) is 44.8 Å². The molecular formula is C9H17F2NO. The molecule has 4 heteroatoms. The Balaban J connectivity index is 2.12. The van der Waals surface area contributed by atoms with Gasteiger partial charge in [0.05, 0.1) is 0 Å². The predicted molar refractivity (Wildman–Crippen MR) is 46.8 cm³/mol. The van der Waals surface area contributed by atoms with Crippen LogP contribution in [0.2, 0.25) is 0 Å². The molecule has 1 aliphatic carbocycles. The van der Waals surface area contributed by atoms with Crippen LogP contribution in [-0.4, -0.2) is 30.2 Å². The number of aliphatic hydroxyl groups is 1. The number of hydrogen-bond acceptors (Lipinski definition) is 2. The Kier molecular flexibility index (Phi) is 4.06. The Bertz CT molecular complexity index is 155. The molecule has 0 radical (unpaired) electrons. The van der Waals surface area contributed by atoms with Gasteiger partial charge in [-0.1, -0.05) is 6.92 Å². The van der Waals surface area contributed by atoms with Crippen molar-refractivity contribution in [3.8, 4) is 0 Å². The van der Waals surface area contributed by atoms with E-state index in [0.717, 1.165) is 19.3 Å². The second-order valence-electron chi connectivity index (χ2n) is 3.93. The first-order chi connectivity index (χ1) is 6.09. The van der Waals surface area contributed by atoms with Gasteiger partial charge in [-0.3, -0.25) is 0 Å². The quantitative estimate of drug-likeness (QED) is 0.707. The summed E-state index contributed by atoms with van der Waals surface area (Å²) in [5.74, 6) is 0.682. The molecule has 0 heterocycles. The molecule has 13 heavy (non-hydrogen) atoms. The fourth-order valence-corrected chi connectivity index (χ4v) is 1.77. The Morgan fingerprint density at radius 2 is 2.15 bits per heavy atom. The molecule has 0 amide bonds. The van der Waals surface area contributed by atoms with E-state index in [1.807, 2.05) is 0 Å². The topological polar surface area (TPSA) is 32.3 Å². The molecule has 0 aliphatic heterocycles. The van der Waals surface area contributed by atoms with Gasteiger partial charge in [0.2, 0.25) is 0 Å². The van der Waals surface area contributed by atoms with Crippen LogP contribution >= 0.6 is 0 Å². The van der Waals surface area contributed by atoms with Crippen molar-refractivity contribution in [3.05, 3.63) is 0 Å². The lowest BCUT2D eigenvalue weighted by molar-refractivity contribution is -0.00455. The summed E-state index contributed by atoms with van der Waals surface area (Å²) in [6.45, 7) is 2.17. The van der Waals surface area contributed by atoms with Gasteiger partial charge in [0.15, 0.2) is 0 Å². The van der Waals surface area contributed by atoms with Gasteiger partial charge in [-0.05, 0) is 25.2 Å². The molecule has 0 aromatic rings. The summed E-state index contributed by atoms with van der Waals surface area (Å²) >= 11 is 0. The Morgan fingerprint density at radius 3 is 2.62 bits per heavy atom. The van der Waals surface area contributed by atoms with Crippen LogP contribution in [0.1, 0.15) is 26.2 Å². The van der Waals surface area contributed by atoms with Crippen LogP contribution in [0.25, 0.3) is 0 Å². The minimum Gasteiger partial charge on any atom is -0.386 e. The molecule has 1 aliphatic rings. The van der Waals surface area contributed by atoms with Gasteiger partial charge in [-0.25, -0.2) is 8.78 Å². The lowest BCUT2D eigenvalue weighted by Crippen LogP contribution is -2.37. The SMILES string of the molecule is CC1CCC(NCC(O)C(F)F)C1. The molecule has 0 aromatic carbocycles. The second kappa shape index (κ2) is 4.86. The highest BCUT2D eigenvalue weighted by Gasteiger charge is 2.23. The van der Waals surface area contributed by atoms with Gasteiger partial charge in [-0.15, -0.1) is 0 Å². The van der Waals surface area contributed by atoms with Gasteiger partial charge >= 0.3 is 0 Å². The first-order valence-corrected chi connectivity index (χ1v) is 4.79. The van der Waals surface area contributed by atoms with E-state index < -0.39 is 12.5 Å². The van der Waals surface area contributed by atoms with Crippen LogP contribution in [0.4, 0.5) is 8.78 Å². The minimum absolute atomic E-state index is 0.00898. The lowest BCUT2D eigenvalue weighted by Gasteiger charge is -2.15. The van der Waals surface area contributed by atoms with Gasteiger partial charge in [0.25, 0.3) is 6.43 Å². The second-order valence-corrected chi connectivity index (χ2v) is 3.93. The summed E-state index contributed by atoms with van der Waals surface area (Å²) in [6.07, 6.45) is -0.919. The summed E-state index contributed by atoms with van der Waals surface area (Å²) < 4.78 is 23.8. The van der Waals surface area contributed by atoms with Crippen LogP contribution in [-0.2, 0) is 0 Å². The zero-order valence-corrected chi connectivity index (χ0v) is 7.84. The molecule has 1 saturated carbocycles. The molecule has 1 rings (SSSR count). The molecule has 3 unspecified atom stereocenters. The third-order valence-electron chi connectivity index (χ3n) is 2.60. The van der Waals surface area contributed by atoms with E-state index >= 15 is 0 Å². The molecule has 0 spiro atoms. The average molecular weight is 193 g/mol. The fourth-order valence-electron chi connectivity index (χ4n) is 1.77. The third kappa shape index (κ3) is 3.56. The maximum Gasteiger partial charge on any atom is 0.265 e. The van der Waals surface area contributed by atoms with Crippen molar-refractivity contribution in [2.75, 3.05) is 6.54 Å². The first-order valence-electron chi connectivity index (χ1n) is 4.79. The zero-order valence-electron chi connectivity index (χ0n) is 7.84. The summed E-state index contributed by atoms with van der Waals surface area (Å²) in [7, 11) is 0. The number of alkyl halides is 2. The summed E-state index contributed by atoms with van der Waals surface area (Å²) in [6, 6.07) is 0.323. The number of nitrogens with one attached hydrogen (secondary N) is 1. The normalized spacial score (nSPS) is 31.2. The van der Waals surface area contributed by atoms with E-state index in [0.29, 0.717) is 12.0 Å². The molecule has 78 valence electrons. The van der Waals surface area contributed by atoms with E-state index in [4.69, 9.17) is 5.11 Å². The highest BCUT2D eigenvalue weighted by molar-refractivity contribution is 4.79. The number of halogens is 2. The van der Waals surface area contributed by atoms with Gasteiger partial charge in [0.1, 0.15) is 6.10 Å². The Morgan fingerprint density at radius 1 is 1.46 bits per heavy atom. The fraction of sp³-hybridized carbons (Fsp3) is 1.00. The van der Waals surface area contributed by atoms with Gasteiger partial charge < -0.3 is 10.4 Å². The van der Waals surface area contributed by atoms with Crippen LogP contribution < -0.4 is 5.32 Å². The number of hydrogen-bond donors (Lipinski definition) is 2. The maximum absolute atomic E-state index is 11.9. The van der Waals surface area contributed by atoms with Crippen molar-refractivity contribution >= 4 is 0 Å². The van der Waals surface area contributed by atoms with Crippen molar-refractivity contribution in [1.82, 2.24) is 5.32 Å². The summed E-state index contributed by atoms with van der Waals surface area (Å²) in [5, 5.41) is 11.8. The average Bonchev–Trinajstić information content (AvgIpc) is 2.47. The lowest BCUT2D eigenvalue weighted by atomic mass is 10.1. The van der Waals surface area contributed by atoms with Gasteiger partial charge in [-0.2, -0.15) is 0 Å².